The Kier molecular flexibility index (Phi) is 8.01. The Labute approximate surface area is 180 Å². The van der Waals surface area contributed by atoms with Gasteiger partial charge in [0.25, 0.3) is 0 Å². The van der Waals surface area contributed by atoms with Gasteiger partial charge in [0.1, 0.15) is 18.2 Å². The lowest BCUT2D eigenvalue weighted by atomic mass is 9.96. The fraction of sp³-hybridized carbons (Fsp3) is 0.421. The first kappa shape index (κ1) is 23.1. The predicted molar refractivity (Wildman–Crippen MR) is 114 cm³/mol. The van der Waals surface area contributed by atoms with E-state index in [0.29, 0.717) is 29.3 Å². The second-order valence-corrected chi connectivity index (χ2v) is 7.05. The number of imidazole rings is 1. The molecule has 1 unspecified atom stereocenters. The minimum atomic E-state index is -0.314. The molecule has 1 atom stereocenters. The lowest BCUT2D eigenvalue weighted by Gasteiger charge is -2.24. The Bertz CT molecular complexity index is 953. The number of aromatic amines is 1. The third-order valence-electron chi connectivity index (χ3n) is 5.06. The molecule has 0 bridgehead atoms. The molecule has 1 saturated heterocycles. The summed E-state index contributed by atoms with van der Waals surface area (Å²) >= 11 is 0. The zero-order valence-corrected chi connectivity index (χ0v) is 17.7. The smallest absolute Gasteiger partial charge is 0.244 e. The molecule has 4 rings (SSSR count). The van der Waals surface area contributed by atoms with Gasteiger partial charge >= 0.3 is 0 Å². The van der Waals surface area contributed by atoms with Gasteiger partial charge in [0.15, 0.2) is 0 Å². The number of likely N-dealkylation sites (N-methyl/N-ethyl adjacent to an activating group) is 1. The number of nitrogens with zero attached hydrogens (tertiary/aromatic N) is 4. The van der Waals surface area contributed by atoms with Gasteiger partial charge in [-0.15, -0.1) is 24.8 Å². The van der Waals surface area contributed by atoms with Gasteiger partial charge in [-0.3, -0.25) is 9.48 Å². The van der Waals surface area contributed by atoms with E-state index >= 15 is 0 Å². The van der Waals surface area contributed by atoms with Crippen molar-refractivity contribution in [2.45, 2.75) is 31.8 Å². The van der Waals surface area contributed by atoms with E-state index in [4.69, 9.17) is 0 Å². The molecule has 1 aromatic carbocycles. The lowest BCUT2D eigenvalue weighted by molar-refractivity contribution is -0.131. The molecule has 3 aromatic rings. The number of H-pyrrole nitrogens is 1. The van der Waals surface area contributed by atoms with Crippen LogP contribution < -0.4 is 5.32 Å². The number of halogens is 3. The van der Waals surface area contributed by atoms with Crippen LogP contribution in [0.15, 0.2) is 30.5 Å². The highest BCUT2D eigenvalue weighted by molar-refractivity contribution is 5.85. The number of fused-ring (bicyclic) bond motifs is 1. The van der Waals surface area contributed by atoms with Crippen molar-refractivity contribution in [2.24, 2.45) is 0 Å². The molecule has 0 saturated carbocycles. The van der Waals surface area contributed by atoms with Crippen molar-refractivity contribution in [3.8, 4) is 0 Å². The Morgan fingerprint density at radius 2 is 2.17 bits per heavy atom. The van der Waals surface area contributed by atoms with Gasteiger partial charge in [-0.25, -0.2) is 9.37 Å². The van der Waals surface area contributed by atoms with E-state index in [1.54, 1.807) is 28.9 Å². The molecule has 10 heteroatoms. The minimum absolute atomic E-state index is 0. The van der Waals surface area contributed by atoms with Crippen LogP contribution >= 0.6 is 24.8 Å². The zero-order valence-electron chi connectivity index (χ0n) is 16.1. The highest BCUT2D eigenvalue weighted by atomic mass is 35.5. The number of carbonyl (C=O) groups excluding carboxylic acids is 1. The van der Waals surface area contributed by atoms with E-state index < -0.39 is 0 Å². The lowest BCUT2D eigenvalue weighted by Crippen LogP contribution is -2.33. The van der Waals surface area contributed by atoms with E-state index in [9.17, 15) is 9.18 Å². The Hall–Kier alpha value is -2.16. The zero-order chi connectivity index (χ0) is 18.8. The fourth-order valence-corrected chi connectivity index (χ4v) is 3.60. The Morgan fingerprint density at radius 3 is 2.93 bits per heavy atom. The first-order chi connectivity index (χ1) is 13.1. The largest absolute Gasteiger partial charge is 0.340 e. The summed E-state index contributed by atoms with van der Waals surface area (Å²) in [7, 11) is 1.74. The van der Waals surface area contributed by atoms with Crippen LogP contribution in [0.1, 0.15) is 30.3 Å². The van der Waals surface area contributed by atoms with Gasteiger partial charge in [0.05, 0.1) is 17.6 Å². The van der Waals surface area contributed by atoms with Crippen LogP contribution in [-0.2, 0) is 17.9 Å². The molecule has 1 aliphatic heterocycles. The monoisotopic (exact) mass is 442 g/mol. The summed E-state index contributed by atoms with van der Waals surface area (Å²) in [5, 5.41) is 7.74. The van der Waals surface area contributed by atoms with Crippen molar-refractivity contribution in [3.05, 3.63) is 47.8 Å². The summed E-state index contributed by atoms with van der Waals surface area (Å²) in [5.41, 5.74) is 2.42. The van der Waals surface area contributed by atoms with Crippen molar-refractivity contribution >= 4 is 41.8 Å². The summed E-state index contributed by atoms with van der Waals surface area (Å²) in [5.74, 6) is 0.661. The minimum Gasteiger partial charge on any atom is -0.340 e. The van der Waals surface area contributed by atoms with E-state index in [1.807, 2.05) is 6.07 Å². The second kappa shape index (κ2) is 10.0. The number of hydrogen-bond acceptors (Lipinski definition) is 4. The van der Waals surface area contributed by atoms with Crippen molar-refractivity contribution in [2.75, 3.05) is 20.1 Å². The first-order valence-corrected chi connectivity index (χ1v) is 9.20. The molecule has 2 N–H and O–H groups in total. The van der Waals surface area contributed by atoms with Crippen LogP contribution in [0.3, 0.4) is 0 Å². The molecule has 7 nitrogen and oxygen atoms in total. The molecule has 0 aliphatic carbocycles. The summed E-state index contributed by atoms with van der Waals surface area (Å²) in [6, 6.07) is 6.41. The van der Waals surface area contributed by atoms with Gasteiger partial charge in [0, 0.05) is 31.4 Å². The first-order valence-electron chi connectivity index (χ1n) is 9.20. The molecule has 3 heterocycles. The van der Waals surface area contributed by atoms with E-state index in [-0.39, 0.29) is 43.1 Å². The average molecular weight is 443 g/mol. The SMILES string of the molecule is CN(Cc1nc2ccc(F)cc2[nH]1)C(=O)Cn1nccc1C1CCCNC1.Cl.Cl. The molecule has 0 spiro atoms. The van der Waals surface area contributed by atoms with Gasteiger partial charge in [0.2, 0.25) is 5.91 Å². The Balaban J connectivity index is 0.00000150. The molecule has 1 fully saturated rings. The van der Waals surface area contributed by atoms with Crippen molar-refractivity contribution in [3.63, 3.8) is 0 Å². The molecule has 1 amide bonds. The third-order valence-corrected chi connectivity index (χ3v) is 5.06. The molecule has 158 valence electrons. The van der Waals surface area contributed by atoms with Crippen molar-refractivity contribution in [1.82, 2.24) is 30.0 Å². The van der Waals surface area contributed by atoms with E-state index in [0.717, 1.165) is 31.6 Å². The second-order valence-electron chi connectivity index (χ2n) is 7.05. The highest BCUT2D eigenvalue weighted by Gasteiger charge is 2.21. The molecule has 2 aromatic heterocycles. The van der Waals surface area contributed by atoms with Crippen LogP contribution in [-0.4, -0.2) is 50.7 Å². The topological polar surface area (TPSA) is 78.8 Å². The number of aromatic nitrogens is 4. The molecule has 29 heavy (non-hydrogen) atoms. The van der Waals surface area contributed by atoms with Gasteiger partial charge in [-0.05, 0) is 43.7 Å². The number of piperidine rings is 1. The molecular formula is C19H25Cl2FN6O. The van der Waals surface area contributed by atoms with Gasteiger partial charge in [-0.1, -0.05) is 0 Å². The number of benzene rings is 1. The van der Waals surface area contributed by atoms with Gasteiger partial charge in [-0.2, -0.15) is 5.10 Å². The van der Waals surface area contributed by atoms with Crippen molar-refractivity contribution in [1.29, 1.82) is 0 Å². The maximum atomic E-state index is 13.3. The predicted octanol–water partition coefficient (Wildman–Crippen LogP) is 2.87. The Morgan fingerprint density at radius 1 is 1.34 bits per heavy atom. The summed E-state index contributed by atoms with van der Waals surface area (Å²) in [4.78, 5) is 21.8. The normalized spacial score (nSPS) is 16.1. The van der Waals surface area contributed by atoms with E-state index in [2.05, 4.69) is 20.4 Å². The number of amides is 1. The number of carbonyl (C=O) groups is 1. The molecule has 1 aliphatic rings. The summed E-state index contributed by atoms with van der Waals surface area (Å²) < 4.78 is 15.1. The summed E-state index contributed by atoms with van der Waals surface area (Å²) in [6.45, 7) is 2.50. The number of nitrogens with one attached hydrogen (secondary N) is 2. The van der Waals surface area contributed by atoms with Crippen LogP contribution in [0.5, 0.6) is 0 Å². The van der Waals surface area contributed by atoms with Gasteiger partial charge < -0.3 is 15.2 Å². The fourth-order valence-electron chi connectivity index (χ4n) is 3.60. The highest BCUT2D eigenvalue weighted by Crippen LogP contribution is 2.23. The van der Waals surface area contributed by atoms with E-state index in [1.165, 1.54) is 12.1 Å². The number of rotatable bonds is 5. The van der Waals surface area contributed by atoms with Crippen LogP contribution in [0, 0.1) is 5.82 Å². The summed E-state index contributed by atoms with van der Waals surface area (Å²) in [6.07, 6.45) is 4.00. The molecular weight excluding hydrogens is 418 g/mol. The quantitative estimate of drug-likeness (QED) is 0.636. The maximum absolute atomic E-state index is 13.3. The molecule has 0 radical (unpaired) electrons. The average Bonchev–Trinajstić information content (AvgIpc) is 3.28. The van der Waals surface area contributed by atoms with Crippen LogP contribution in [0.2, 0.25) is 0 Å². The standard InChI is InChI=1S/C19H23FN6O.2ClH/c1-25(11-18-23-15-5-4-14(20)9-16(15)24-18)19(27)12-26-17(6-8-22-26)13-3-2-7-21-10-13;;/h4-6,8-9,13,21H,2-3,7,10-12H2,1H3,(H,23,24);2*1H. The van der Waals surface area contributed by atoms with Crippen LogP contribution in [0.4, 0.5) is 4.39 Å². The third kappa shape index (κ3) is 5.26. The van der Waals surface area contributed by atoms with Crippen LogP contribution in [0.25, 0.3) is 11.0 Å². The number of hydrogen-bond donors (Lipinski definition) is 2. The maximum Gasteiger partial charge on any atom is 0.244 e. The van der Waals surface area contributed by atoms with Crippen molar-refractivity contribution < 1.29 is 9.18 Å².